The number of anilines is 3. The van der Waals surface area contributed by atoms with Crippen molar-refractivity contribution in [1.29, 1.82) is 0 Å². The number of morpholine rings is 1. The van der Waals surface area contributed by atoms with Crippen molar-refractivity contribution in [3.05, 3.63) is 60.4 Å². The van der Waals surface area contributed by atoms with Gasteiger partial charge in [0.15, 0.2) is 11.6 Å². The van der Waals surface area contributed by atoms with E-state index in [2.05, 4.69) is 40.2 Å². The van der Waals surface area contributed by atoms with Gasteiger partial charge < -0.3 is 9.64 Å². The topological polar surface area (TPSA) is 139 Å². The standard InChI is InChI=1S/C22H23N9O3S/c1-35(32,33)29-18-4-2-3-16(13-18)15-24-27-19-14-20(30-9-11-34-12-10-30)31-22(25-19)26-21(28-31)17-5-7-23-8-6-17/h2-8,13-15,29H,9-12H2,1H3,(H,25,26,27,28)/b24-15+. The second kappa shape index (κ2) is 9.64. The van der Waals surface area contributed by atoms with Crippen LogP contribution < -0.4 is 15.0 Å². The Labute approximate surface area is 201 Å². The van der Waals surface area contributed by atoms with E-state index in [1.807, 2.05) is 24.3 Å². The van der Waals surface area contributed by atoms with Crippen LogP contribution in [0.4, 0.5) is 17.3 Å². The number of rotatable bonds is 7. The van der Waals surface area contributed by atoms with E-state index in [1.165, 1.54) is 0 Å². The van der Waals surface area contributed by atoms with Crippen LogP contribution >= 0.6 is 0 Å². The average Bonchev–Trinajstić information content (AvgIpc) is 3.28. The monoisotopic (exact) mass is 493 g/mol. The quantitative estimate of drug-likeness (QED) is 0.292. The molecule has 0 unspecified atom stereocenters. The zero-order valence-electron chi connectivity index (χ0n) is 18.9. The fourth-order valence-corrected chi connectivity index (χ4v) is 4.18. The molecule has 13 heteroatoms. The van der Waals surface area contributed by atoms with E-state index in [0.29, 0.717) is 55.0 Å². The van der Waals surface area contributed by atoms with Crippen LogP contribution in [0.25, 0.3) is 17.2 Å². The SMILES string of the molecule is CS(=O)(=O)Nc1cccc(/C=N/Nc2cc(N3CCOCC3)n3nc(-c4ccncc4)nc3n2)c1. The lowest BCUT2D eigenvalue weighted by Crippen LogP contribution is -2.37. The van der Waals surface area contributed by atoms with Gasteiger partial charge in [-0.3, -0.25) is 15.1 Å². The number of nitrogens with zero attached hydrogens (tertiary/aromatic N) is 7. The number of benzene rings is 1. The molecule has 5 rings (SSSR count). The van der Waals surface area contributed by atoms with Crippen LogP contribution in [-0.4, -0.2) is 71.8 Å². The van der Waals surface area contributed by atoms with Crippen molar-refractivity contribution in [3.8, 4) is 11.4 Å². The summed E-state index contributed by atoms with van der Waals surface area (Å²) in [7, 11) is -3.36. The van der Waals surface area contributed by atoms with Gasteiger partial charge in [-0.15, -0.1) is 5.10 Å². The van der Waals surface area contributed by atoms with Crippen molar-refractivity contribution in [2.75, 3.05) is 47.6 Å². The molecule has 35 heavy (non-hydrogen) atoms. The Kier molecular flexibility index (Phi) is 6.25. The van der Waals surface area contributed by atoms with Gasteiger partial charge in [0.25, 0.3) is 5.78 Å². The summed E-state index contributed by atoms with van der Waals surface area (Å²) in [6.45, 7) is 2.67. The third-order valence-corrected chi connectivity index (χ3v) is 5.76. The molecule has 12 nitrogen and oxygen atoms in total. The lowest BCUT2D eigenvalue weighted by Gasteiger charge is -2.28. The molecular weight excluding hydrogens is 470 g/mol. The van der Waals surface area contributed by atoms with E-state index in [4.69, 9.17) is 4.74 Å². The molecule has 1 aliphatic heterocycles. The lowest BCUT2D eigenvalue weighted by molar-refractivity contribution is 0.122. The normalized spacial score (nSPS) is 14.5. The summed E-state index contributed by atoms with van der Waals surface area (Å²) in [6.07, 6.45) is 6.08. The summed E-state index contributed by atoms with van der Waals surface area (Å²) in [5, 5.41) is 8.96. The molecule has 0 radical (unpaired) electrons. The first-order valence-corrected chi connectivity index (χ1v) is 12.7. The Morgan fingerprint density at radius 1 is 1.09 bits per heavy atom. The number of nitrogens with one attached hydrogen (secondary N) is 2. The molecule has 0 bridgehead atoms. The van der Waals surface area contributed by atoms with Gasteiger partial charge in [0, 0.05) is 42.8 Å². The van der Waals surface area contributed by atoms with Gasteiger partial charge in [-0.25, -0.2) is 8.42 Å². The Hall–Kier alpha value is -4.10. The lowest BCUT2D eigenvalue weighted by atomic mass is 10.2. The summed E-state index contributed by atoms with van der Waals surface area (Å²) in [5.41, 5.74) is 4.96. The van der Waals surface area contributed by atoms with Gasteiger partial charge >= 0.3 is 0 Å². The predicted octanol–water partition coefficient (Wildman–Crippen LogP) is 1.84. The molecule has 4 heterocycles. The molecule has 3 aromatic heterocycles. The maximum absolute atomic E-state index is 11.5. The zero-order valence-corrected chi connectivity index (χ0v) is 19.7. The van der Waals surface area contributed by atoms with Gasteiger partial charge in [-0.05, 0) is 29.8 Å². The van der Waals surface area contributed by atoms with Crippen LogP contribution in [0.1, 0.15) is 5.56 Å². The fourth-order valence-electron chi connectivity index (χ4n) is 3.62. The van der Waals surface area contributed by atoms with E-state index >= 15 is 0 Å². The van der Waals surface area contributed by atoms with Crippen molar-refractivity contribution in [3.63, 3.8) is 0 Å². The predicted molar refractivity (Wildman–Crippen MR) is 133 cm³/mol. The smallest absolute Gasteiger partial charge is 0.256 e. The molecule has 1 aromatic carbocycles. The van der Waals surface area contributed by atoms with E-state index in [1.54, 1.807) is 41.3 Å². The maximum Gasteiger partial charge on any atom is 0.256 e. The van der Waals surface area contributed by atoms with Crippen LogP contribution in [0.15, 0.2) is 60.0 Å². The Morgan fingerprint density at radius 3 is 2.66 bits per heavy atom. The summed E-state index contributed by atoms with van der Waals surface area (Å²) >= 11 is 0. The van der Waals surface area contributed by atoms with E-state index in [-0.39, 0.29) is 0 Å². The molecule has 2 N–H and O–H groups in total. The molecule has 4 aromatic rings. The molecule has 1 aliphatic rings. The third kappa shape index (κ3) is 5.53. The number of pyridine rings is 1. The summed E-state index contributed by atoms with van der Waals surface area (Å²) in [4.78, 5) is 15.4. The molecule has 0 aliphatic carbocycles. The fraction of sp³-hybridized carbons (Fsp3) is 0.227. The zero-order chi connectivity index (χ0) is 24.3. The number of aromatic nitrogens is 5. The number of sulfonamides is 1. The van der Waals surface area contributed by atoms with Gasteiger partial charge in [-0.1, -0.05) is 12.1 Å². The minimum absolute atomic E-state index is 0.429. The van der Waals surface area contributed by atoms with E-state index in [9.17, 15) is 8.42 Å². The maximum atomic E-state index is 11.5. The highest BCUT2D eigenvalue weighted by molar-refractivity contribution is 7.92. The van der Waals surface area contributed by atoms with Gasteiger partial charge in [0.1, 0.15) is 5.82 Å². The summed E-state index contributed by atoms with van der Waals surface area (Å²) in [5.74, 6) is 2.29. The van der Waals surface area contributed by atoms with Crippen molar-refractivity contribution >= 4 is 39.3 Å². The molecule has 0 atom stereocenters. The number of hydrogen-bond acceptors (Lipinski definition) is 10. The van der Waals surface area contributed by atoms with E-state index in [0.717, 1.165) is 17.6 Å². The highest BCUT2D eigenvalue weighted by Crippen LogP contribution is 2.23. The Bertz CT molecular complexity index is 1470. The van der Waals surface area contributed by atoms with Gasteiger partial charge in [-0.2, -0.15) is 19.6 Å². The van der Waals surface area contributed by atoms with E-state index < -0.39 is 10.0 Å². The van der Waals surface area contributed by atoms with Crippen LogP contribution in [0.5, 0.6) is 0 Å². The Morgan fingerprint density at radius 2 is 1.89 bits per heavy atom. The highest BCUT2D eigenvalue weighted by Gasteiger charge is 2.19. The minimum Gasteiger partial charge on any atom is -0.378 e. The van der Waals surface area contributed by atoms with Crippen molar-refractivity contribution in [2.45, 2.75) is 0 Å². The van der Waals surface area contributed by atoms with Gasteiger partial charge in [0.2, 0.25) is 10.0 Å². The molecule has 1 fully saturated rings. The molecular formula is C22H23N9O3S. The first-order chi connectivity index (χ1) is 16.9. The number of hydrazone groups is 1. The van der Waals surface area contributed by atoms with Crippen LogP contribution in [-0.2, 0) is 14.8 Å². The van der Waals surface area contributed by atoms with Crippen molar-refractivity contribution in [1.82, 2.24) is 24.6 Å². The minimum atomic E-state index is -3.36. The summed E-state index contributed by atoms with van der Waals surface area (Å²) < 4.78 is 32.6. The van der Waals surface area contributed by atoms with Crippen LogP contribution in [0.3, 0.4) is 0 Å². The molecule has 0 spiro atoms. The van der Waals surface area contributed by atoms with Crippen LogP contribution in [0, 0.1) is 0 Å². The Balaban J connectivity index is 1.44. The number of ether oxygens (including phenoxy) is 1. The second-order valence-corrected chi connectivity index (χ2v) is 9.60. The largest absolute Gasteiger partial charge is 0.378 e. The first kappa shape index (κ1) is 22.7. The molecule has 0 amide bonds. The van der Waals surface area contributed by atoms with Gasteiger partial charge in [0.05, 0.1) is 25.7 Å². The third-order valence-electron chi connectivity index (χ3n) is 5.15. The average molecular weight is 494 g/mol. The van der Waals surface area contributed by atoms with Crippen molar-refractivity contribution in [2.24, 2.45) is 5.10 Å². The number of hydrogen-bond donors (Lipinski definition) is 2. The highest BCUT2D eigenvalue weighted by atomic mass is 32.2. The molecule has 0 saturated carbocycles. The number of fused-ring (bicyclic) bond motifs is 1. The molecule has 1 saturated heterocycles. The molecule has 180 valence electrons. The first-order valence-electron chi connectivity index (χ1n) is 10.8. The second-order valence-electron chi connectivity index (χ2n) is 7.85. The summed E-state index contributed by atoms with van der Waals surface area (Å²) in [6, 6.07) is 12.5. The van der Waals surface area contributed by atoms with Crippen molar-refractivity contribution < 1.29 is 13.2 Å². The van der Waals surface area contributed by atoms with Crippen LogP contribution in [0.2, 0.25) is 0 Å².